The van der Waals surface area contributed by atoms with E-state index >= 15 is 0 Å². The minimum Gasteiger partial charge on any atom is -0.357 e. The molecule has 0 bridgehead atoms. The lowest BCUT2D eigenvalue weighted by atomic mass is 9.94. The highest BCUT2D eigenvalue weighted by Gasteiger charge is 2.17. The molecule has 0 heterocycles. The van der Waals surface area contributed by atoms with Crippen molar-refractivity contribution in [1.29, 1.82) is 0 Å². The summed E-state index contributed by atoms with van der Waals surface area (Å²) in [5.74, 6) is 0.803. The van der Waals surface area contributed by atoms with E-state index in [1.807, 2.05) is 19.1 Å². The maximum atomic E-state index is 11.8. The van der Waals surface area contributed by atoms with Crippen molar-refractivity contribution in [2.45, 2.75) is 69.9 Å². The van der Waals surface area contributed by atoms with Crippen LogP contribution in [0.2, 0.25) is 0 Å². The minimum absolute atomic E-state index is 0.386. The fourth-order valence-corrected chi connectivity index (χ4v) is 4.94. The molecule has 1 saturated carbocycles. The van der Waals surface area contributed by atoms with Gasteiger partial charge in [-0.3, -0.25) is 0 Å². The van der Waals surface area contributed by atoms with Crippen molar-refractivity contribution in [2.75, 3.05) is 32.9 Å². The number of nitrogens with one attached hydrogen (secondary N) is 2. The number of nitrogens with zero attached hydrogens (tertiary/aromatic N) is 2. The molecule has 1 fully saturated rings. The Kier molecular flexibility index (Phi) is 9.43. The zero-order valence-electron chi connectivity index (χ0n) is 18.5. The summed E-state index contributed by atoms with van der Waals surface area (Å²) in [5, 5.41) is 6.70. The van der Waals surface area contributed by atoms with Gasteiger partial charge in [0.2, 0.25) is 0 Å². The van der Waals surface area contributed by atoms with E-state index in [2.05, 4.69) is 34.5 Å². The third-order valence-electron chi connectivity index (χ3n) is 5.58. The Balaban J connectivity index is 1.83. The van der Waals surface area contributed by atoms with E-state index in [4.69, 9.17) is 0 Å². The second-order valence-electron chi connectivity index (χ2n) is 8.12. The Bertz CT molecular complexity index is 771. The molecule has 0 aromatic heterocycles. The number of sulfone groups is 1. The molecule has 6 nitrogen and oxygen atoms in total. The zero-order valence-corrected chi connectivity index (χ0v) is 19.3. The quantitative estimate of drug-likeness (QED) is 0.363. The lowest BCUT2D eigenvalue weighted by Gasteiger charge is -2.31. The second kappa shape index (κ2) is 11.6. The molecule has 2 rings (SSSR count). The topological polar surface area (TPSA) is 73.8 Å². The van der Waals surface area contributed by atoms with Crippen molar-refractivity contribution >= 4 is 15.8 Å². The Hall–Kier alpha value is -1.60. The molecule has 164 valence electrons. The third-order valence-corrected chi connectivity index (χ3v) is 6.84. The van der Waals surface area contributed by atoms with Crippen LogP contribution in [0.4, 0.5) is 0 Å². The maximum absolute atomic E-state index is 11.8. The molecule has 29 heavy (non-hydrogen) atoms. The number of rotatable bonds is 9. The van der Waals surface area contributed by atoms with Gasteiger partial charge in [-0.15, -0.1) is 0 Å². The monoisotopic (exact) mass is 422 g/mol. The molecular formula is C22H38N4O2S. The predicted molar refractivity (Wildman–Crippen MR) is 121 cm³/mol. The van der Waals surface area contributed by atoms with Crippen molar-refractivity contribution in [3.05, 3.63) is 29.3 Å². The summed E-state index contributed by atoms with van der Waals surface area (Å²) in [6.07, 6.45) is 9.14. The van der Waals surface area contributed by atoms with Gasteiger partial charge in [-0.25, -0.2) is 13.4 Å². The van der Waals surface area contributed by atoms with Gasteiger partial charge >= 0.3 is 0 Å². The van der Waals surface area contributed by atoms with Gasteiger partial charge in [-0.05, 0) is 63.9 Å². The number of guanidine groups is 1. The van der Waals surface area contributed by atoms with Gasteiger partial charge in [-0.1, -0.05) is 31.4 Å². The van der Waals surface area contributed by atoms with Gasteiger partial charge in [0.25, 0.3) is 0 Å². The number of aliphatic imine (C=N–C) groups is 1. The van der Waals surface area contributed by atoms with E-state index < -0.39 is 9.84 Å². The summed E-state index contributed by atoms with van der Waals surface area (Å²) in [4.78, 5) is 7.55. The van der Waals surface area contributed by atoms with Gasteiger partial charge in [0.1, 0.15) is 0 Å². The van der Waals surface area contributed by atoms with E-state index in [1.54, 1.807) is 6.07 Å². The lowest BCUT2D eigenvalue weighted by molar-refractivity contribution is 0.190. The standard InChI is InChI=1S/C22H38N4O2S/c1-5-23-22(24-14-9-15-26(3)20-10-7-6-8-11-20)25-17-19-12-13-21(18(2)16-19)29(4,27)28/h12-13,16,20H,5-11,14-15,17H2,1-4H3,(H2,23,24,25). The van der Waals surface area contributed by atoms with Gasteiger partial charge in [0, 0.05) is 25.4 Å². The van der Waals surface area contributed by atoms with Gasteiger partial charge in [-0.2, -0.15) is 0 Å². The minimum atomic E-state index is -3.19. The van der Waals surface area contributed by atoms with Crippen LogP contribution in [0.25, 0.3) is 0 Å². The normalized spacial score (nSPS) is 16.2. The lowest BCUT2D eigenvalue weighted by Crippen LogP contribution is -2.39. The fourth-order valence-electron chi connectivity index (χ4n) is 3.98. The molecule has 0 aliphatic heterocycles. The molecule has 7 heteroatoms. The Morgan fingerprint density at radius 2 is 1.93 bits per heavy atom. The first-order chi connectivity index (χ1) is 13.8. The number of hydrogen-bond donors (Lipinski definition) is 2. The van der Waals surface area contributed by atoms with Crippen LogP contribution < -0.4 is 10.6 Å². The average molecular weight is 423 g/mol. The summed E-state index contributed by atoms with van der Waals surface area (Å²) in [5.41, 5.74) is 1.77. The van der Waals surface area contributed by atoms with Crippen molar-refractivity contribution in [3.8, 4) is 0 Å². The van der Waals surface area contributed by atoms with E-state index in [-0.39, 0.29) is 0 Å². The van der Waals surface area contributed by atoms with Crippen LogP contribution in [0, 0.1) is 6.92 Å². The van der Waals surface area contributed by atoms with Crippen LogP contribution >= 0.6 is 0 Å². The SMILES string of the molecule is CCNC(=NCc1ccc(S(C)(=O)=O)c(C)c1)NCCCN(C)C1CCCCC1. The molecule has 0 amide bonds. The van der Waals surface area contributed by atoms with Gasteiger partial charge in [0.05, 0.1) is 11.4 Å². The van der Waals surface area contributed by atoms with Crippen LogP contribution in [0.5, 0.6) is 0 Å². The summed E-state index contributed by atoms with van der Waals surface area (Å²) in [6, 6.07) is 6.18. The van der Waals surface area contributed by atoms with Crippen molar-refractivity contribution in [1.82, 2.24) is 15.5 Å². The first-order valence-electron chi connectivity index (χ1n) is 10.8. The van der Waals surface area contributed by atoms with E-state index in [9.17, 15) is 8.42 Å². The second-order valence-corrected chi connectivity index (χ2v) is 10.1. The largest absolute Gasteiger partial charge is 0.357 e. The smallest absolute Gasteiger partial charge is 0.191 e. The highest BCUT2D eigenvalue weighted by atomic mass is 32.2. The Labute approximate surface area is 177 Å². The van der Waals surface area contributed by atoms with Crippen LogP contribution in [0.1, 0.15) is 56.6 Å². The summed E-state index contributed by atoms with van der Waals surface area (Å²) >= 11 is 0. The molecular weight excluding hydrogens is 384 g/mol. The molecule has 1 aromatic rings. The van der Waals surface area contributed by atoms with Crippen LogP contribution in [0.15, 0.2) is 28.1 Å². The third kappa shape index (κ3) is 7.97. The highest BCUT2D eigenvalue weighted by molar-refractivity contribution is 7.90. The Morgan fingerprint density at radius 1 is 1.21 bits per heavy atom. The van der Waals surface area contributed by atoms with E-state index in [0.717, 1.165) is 49.2 Å². The van der Waals surface area contributed by atoms with Crippen LogP contribution in [-0.2, 0) is 16.4 Å². The number of hydrogen-bond acceptors (Lipinski definition) is 4. The zero-order chi connectivity index (χ0) is 21.3. The first-order valence-corrected chi connectivity index (χ1v) is 12.7. The fraction of sp³-hybridized carbons (Fsp3) is 0.682. The summed E-state index contributed by atoms with van der Waals surface area (Å²) in [7, 11) is -0.937. The molecule has 1 aliphatic rings. The van der Waals surface area contributed by atoms with Gasteiger partial charge in [0.15, 0.2) is 15.8 Å². The van der Waals surface area contributed by atoms with Crippen molar-refractivity contribution in [2.24, 2.45) is 4.99 Å². The molecule has 1 aliphatic carbocycles. The van der Waals surface area contributed by atoms with Gasteiger partial charge < -0.3 is 15.5 Å². The maximum Gasteiger partial charge on any atom is 0.191 e. The molecule has 0 spiro atoms. The molecule has 0 unspecified atom stereocenters. The first kappa shape index (κ1) is 23.7. The molecule has 0 radical (unpaired) electrons. The van der Waals surface area contributed by atoms with E-state index in [0.29, 0.717) is 11.4 Å². The molecule has 0 saturated heterocycles. The van der Waals surface area contributed by atoms with E-state index in [1.165, 1.54) is 38.4 Å². The predicted octanol–water partition coefficient (Wildman–Crippen LogP) is 3.11. The molecule has 2 N–H and O–H groups in total. The Morgan fingerprint density at radius 3 is 2.55 bits per heavy atom. The molecule has 1 aromatic carbocycles. The van der Waals surface area contributed by atoms with Crippen LogP contribution in [0.3, 0.4) is 0 Å². The van der Waals surface area contributed by atoms with Crippen LogP contribution in [-0.4, -0.2) is 58.3 Å². The van der Waals surface area contributed by atoms with Crippen molar-refractivity contribution in [3.63, 3.8) is 0 Å². The number of aryl methyl sites for hydroxylation is 1. The highest BCUT2D eigenvalue weighted by Crippen LogP contribution is 2.21. The van der Waals surface area contributed by atoms with Crippen molar-refractivity contribution < 1.29 is 8.42 Å². The average Bonchev–Trinajstić information content (AvgIpc) is 2.68. The molecule has 0 atom stereocenters. The number of benzene rings is 1. The summed E-state index contributed by atoms with van der Waals surface area (Å²) in [6.45, 7) is 7.19. The summed E-state index contributed by atoms with van der Waals surface area (Å²) < 4.78 is 23.5.